The molecule has 0 unspecified atom stereocenters. The highest BCUT2D eigenvalue weighted by molar-refractivity contribution is 14.2. The maximum Gasteiger partial charge on any atom is 0.407 e. The van der Waals surface area contributed by atoms with E-state index in [0.717, 1.165) is 18.4 Å². The lowest BCUT2D eigenvalue weighted by Crippen LogP contribution is -2.27. The maximum absolute atomic E-state index is 14.0. The fourth-order valence-electron chi connectivity index (χ4n) is 3.31. The van der Waals surface area contributed by atoms with Crippen LogP contribution < -0.4 is 0 Å². The SMILES string of the molecule is O=C(O)c1cc(CCCC2=CCC3=C(C=I2)OC(F)(F)C32CC2)on1. The van der Waals surface area contributed by atoms with E-state index < -0.39 is 38.2 Å². The van der Waals surface area contributed by atoms with E-state index in [4.69, 9.17) is 14.4 Å². The number of allylic oxidation sites excluding steroid dienone is 3. The van der Waals surface area contributed by atoms with Crippen molar-refractivity contribution in [2.45, 2.75) is 44.6 Å². The van der Waals surface area contributed by atoms with Crippen LogP contribution in [0.5, 0.6) is 0 Å². The number of fused-ring (bicyclic) bond motifs is 1. The molecule has 1 aliphatic carbocycles. The van der Waals surface area contributed by atoms with Gasteiger partial charge < -0.3 is 14.4 Å². The molecular formula is C17H16F2INO4. The van der Waals surface area contributed by atoms with Crippen LogP contribution in [0.2, 0.25) is 0 Å². The smallest absolute Gasteiger partial charge is 0.407 e. The second-order valence-electron chi connectivity index (χ2n) is 6.45. The molecule has 0 aromatic carbocycles. The first kappa shape index (κ1) is 16.9. The highest BCUT2D eigenvalue weighted by Gasteiger charge is 2.70. The fraction of sp³-hybridized carbons (Fsp3) is 0.471. The molecule has 25 heavy (non-hydrogen) atoms. The van der Waals surface area contributed by atoms with Gasteiger partial charge in [-0.15, -0.1) is 0 Å². The lowest BCUT2D eigenvalue weighted by atomic mass is 9.93. The van der Waals surface area contributed by atoms with Crippen molar-refractivity contribution in [1.82, 2.24) is 5.16 Å². The van der Waals surface area contributed by atoms with Crippen molar-refractivity contribution in [2.24, 2.45) is 5.41 Å². The number of nitrogens with zero attached hydrogens (tertiary/aromatic N) is 1. The Bertz CT molecular complexity index is 820. The van der Waals surface area contributed by atoms with E-state index in [-0.39, 0.29) is 5.69 Å². The Morgan fingerprint density at radius 3 is 2.84 bits per heavy atom. The average molecular weight is 463 g/mol. The standard InChI is InChI=1S/C17H16F2INO4/c18-17(19)16(6-7-16)12-5-4-10(20-9-14(12)24-17)2-1-3-11-8-13(15(22)23)21-25-11/h4,8-9H,1-3,5-7H2,(H,22,23). The summed E-state index contributed by atoms with van der Waals surface area (Å²) in [7, 11) is 0. The second kappa shape index (κ2) is 6.00. The molecule has 0 bridgehead atoms. The first-order valence-corrected chi connectivity index (χ1v) is 10.4. The summed E-state index contributed by atoms with van der Waals surface area (Å²) in [6, 6.07) is 1.44. The molecule has 1 aromatic rings. The zero-order chi connectivity index (χ0) is 17.7. The minimum absolute atomic E-state index is 0.0853. The van der Waals surface area contributed by atoms with Gasteiger partial charge in [-0.1, -0.05) is 32.0 Å². The lowest BCUT2D eigenvalue weighted by molar-refractivity contribution is -0.229. The third-order valence-corrected chi connectivity index (χ3v) is 7.52. The van der Waals surface area contributed by atoms with Crippen molar-refractivity contribution < 1.29 is 27.9 Å². The van der Waals surface area contributed by atoms with Gasteiger partial charge in [0.2, 0.25) is 0 Å². The van der Waals surface area contributed by atoms with Crippen LogP contribution in [0.3, 0.4) is 0 Å². The van der Waals surface area contributed by atoms with Gasteiger partial charge in [-0.25, -0.2) is 4.79 Å². The highest BCUT2D eigenvalue weighted by atomic mass is 127. The number of aromatic carboxylic acids is 1. The number of carbonyl (C=O) groups is 1. The zero-order valence-electron chi connectivity index (χ0n) is 13.2. The van der Waals surface area contributed by atoms with Gasteiger partial charge in [-0.2, -0.15) is 8.78 Å². The van der Waals surface area contributed by atoms with E-state index in [9.17, 15) is 13.6 Å². The van der Waals surface area contributed by atoms with Gasteiger partial charge in [0, 0.05) is 16.5 Å². The first-order chi connectivity index (χ1) is 11.9. The molecule has 134 valence electrons. The van der Waals surface area contributed by atoms with Gasteiger partial charge in [0.1, 0.15) is 11.5 Å². The molecule has 5 nitrogen and oxygen atoms in total. The van der Waals surface area contributed by atoms with Crippen LogP contribution in [0.25, 0.3) is 0 Å². The van der Waals surface area contributed by atoms with Crippen molar-refractivity contribution in [3.8, 4) is 0 Å². The Morgan fingerprint density at radius 1 is 1.36 bits per heavy atom. The number of halogens is 3. The molecule has 0 amide bonds. The Hall–Kier alpha value is -1.58. The van der Waals surface area contributed by atoms with Crippen LogP contribution in [0.4, 0.5) is 8.78 Å². The fourth-order valence-corrected chi connectivity index (χ4v) is 5.66. The molecule has 0 radical (unpaired) electrons. The second-order valence-corrected chi connectivity index (χ2v) is 9.09. The van der Waals surface area contributed by atoms with Gasteiger partial charge in [0.25, 0.3) is 0 Å². The van der Waals surface area contributed by atoms with Crippen LogP contribution in [0, 0.1) is 5.41 Å². The number of carboxylic acids is 1. The summed E-state index contributed by atoms with van der Waals surface area (Å²) in [5.74, 6) is -0.134. The third kappa shape index (κ3) is 2.94. The van der Waals surface area contributed by atoms with Crippen LogP contribution in [0.1, 0.15) is 48.4 Å². The zero-order valence-corrected chi connectivity index (χ0v) is 15.4. The molecule has 3 heterocycles. The average Bonchev–Trinajstić information content (AvgIpc) is 3.21. The Balaban J connectivity index is 1.36. The van der Waals surface area contributed by atoms with Crippen LogP contribution in [-0.2, 0) is 11.2 Å². The molecule has 1 spiro atoms. The summed E-state index contributed by atoms with van der Waals surface area (Å²) in [4.78, 5) is 10.8. The van der Waals surface area contributed by atoms with E-state index in [1.54, 1.807) is 0 Å². The Kier molecular flexibility index (Phi) is 4.04. The predicted octanol–water partition coefficient (Wildman–Crippen LogP) is 4.41. The van der Waals surface area contributed by atoms with Gasteiger partial charge in [0.15, 0.2) is 5.69 Å². The van der Waals surface area contributed by atoms with Crippen molar-refractivity contribution in [3.63, 3.8) is 0 Å². The normalized spacial score (nSPS) is 22.7. The number of aryl methyl sites for hydroxylation is 1. The summed E-state index contributed by atoms with van der Waals surface area (Å²) in [6.07, 6.45) is 2.85. The number of rotatable bonds is 5. The Morgan fingerprint density at radius 2 is 2.16 bits per heavy atom. The van der Waals surface area contributed by atoms with Crippen LogP contribution in [-0.4, -0.2) is 26.4 Å². The van der Waals surface area contributed by atoms with Crippen molar-refractivity contribution in [1.29, 1.82) is 0 Å². The van der Waals surface area contributed by atoms with E-state index in [1.807, 2.05) is 4.01 Å². The third-order valence-electron chi connectivity index (χ3n) is 4.86. The number of hydrogen-bond acceptors (Lipinski definition) is 4. The van der Waals surface area contributed by atoms with Crippen LogP contribution in [0.15, 0.2) is 31.6 Å². The predicted molar refractivity (Wildman–Crippen MR) is 93.9 cm³/mol. The molecule has 2 aliphatic heterocycles. The monoisotopic (exact) mass is 463 g/mol. The van der Waals surface area contributed by atoms with E-state index in [0.29, 0.717) is 37.2 Å². The molecule has 4 rings (SSSR count). The number of hydrogen-bond donors (Lipinski definition) is 1. The van der Waals surface area contributed by atoms with Crippen molar-refractivity contribution >= 4 is 30.7 Å². The summed E-state index contributed by atoms with van der Waals surface area (Å²) in [5, 5.41) is 12.3. The minimum atomic E-state index is -3.04. The van der Waals surface area contributed by atoms with Gasteiger partial charge >= 0.3 is 12.1 Å². The topological polar surface area (TPSA) is 72.6 Å². The molecule has 1 fully saturated rings. The van der Waals surface area contributed by atoms with Crippen molar-refractivity contribution in [3.05, 3.63) is 38.5 Å². The summed E-state index contributed by atoms with van der Waals surface area (Å²) in [6.45, 7) is 0. The Labute approximate surface area is 152 Å². The number of alkyl halides is 2. The van der Waals surface area contributed by atoms with Crippen LogP contribution >= 0.6 is 20.7 Å². The molecule has 8 heteroatoms. The molecule has 1 aromatic heterocycles. The van der Waals surface area contributed by atoms with E-state index in [1.165, 1.54) is 9.65 Å². The summed E-state index contributed by atoms with van der Waals surface area (Å²) < 4.78 is 41.2. The molecular weight excluding hydrogens is 447 g/mol. The van der Waals surface area contributed by atoms with Crippen molar-refractivity contribution in [2.75, 3.05) is 0 Å². The summed E-state index contributed by atoms with van der Waals surface area (Å²) in [5.41, 5.74) is -0.354. The quantitative estimate of drug-likeness (QED) is 0.656. The molecule has 1 N–H and O–H groups in total. The van der Waals surface area contributed by atoms with Gasteiger partial charge in [-0.3, -0.25) is 0 Å². The van der Waals surface area contributed by atoms with Gasteiger partial charge in [-0.05, 0) is 41.3 Å². The highest BCUT2D eigenvalue weighted by Crippen LogP contribution is 2.67. The number of carboxylic acid groups (broad SMARTS) is 1. The largest absolute Gasteiger partial charge is 0.476 e. The van der Waals surface area contributed by atoms with E-state index in [2.05, 4.69) is 11.2 Å². The van der Waals surface area contributed by atoms with Gasteiger partial charge in [0.05, 0.1) is 5.41 Å². The number of ether oxygens (including phenoxy) is 1. The molecule has 0 saturated heterocycles. The summed E-state index contributed by atoms with van der Waals surface area (Å²) >= 11 is -0.478. The lowest BCUT2D eigenvalue weighted by Gasteiger charge is -2.18. The molecule has 3 aliphatic rings. The molecule has 1 saturated carbocycles. The minimum Gasteiger partial charge on any atom is -0.476 e. The number of aromatic nitrogens is 1. The maximum atomic E-state index is 14.0. The van der Waals surface area contributed by atoms with E-state index >= 15 is 0 Å². The first-order valence-electron chi connectivity index (χ1n) is 8.06. The molecule has 0 atom stereocenters.